The number of hydrogen-bond acceptors (Lipinski definition) is 3. The highest BCUT2D eigenvalue weighted by Crippen LogP contribution is 2.26. The molecule has 0 aromatic heterocycles. The Hall–Kier alpha value is -2.20. The summed E-state index contributed by atoms with van der Waals surface area (Å²) in [5, 5.41) is 3.14. The standard InChI is InChI=1S/C24H30N2OS/c1-4-17-28-23-8-6-5-7-22(23)24(27)25-19(3)20-9-11-21(12-10-20)26-15-13-18(2)14-16-26/h4-12,18-19H,1,13-17H2,2-3H3,(H,25,27)/t19-/m1/s1. The largest absolute Gasteiger partial charge is 0.372 e. The second-order valence-corrected chi connectivity index (χ2v) is 8.61. The summed E-state index contributed by atoms with van der Waals surface area (Å²) >= 11 is 1.63. The zero-order chi connectivity index (χ0) is 19.9. The van der Waals surface area contributed by atoms with Crippen LogP contribution < -0.4 is 10.2 Å². The topological polar surface area (TPSA) is 32.3 Å². The van der Waals surface area contributed by atoms with E-state index in [0.29, 0.717) is 0 Å². The van der Waals surface area contributed by atoms with Crippen molar-refractivity contribution in [3.63, 3.8) is 0 Å². The molecule has 2 aromatic carbocycles. The van der Waals surface area contributed by atoms with E-state index in [-0.39, 0.29) is 11.9 Å². The molecule has 28 heavy (non-hydrogen) atoms. The third-order valence-electron chi connectivity index (χ3n) is 5.38. The molecule has 1 heterocycles. The van der Waals surface area contributed by atoms with Crippen molar-refractivity contribution < 1.29 is 4.79 Å². The van der Waals surface area contributed by atoms with Gasteiger partial charge in [-0.1, -0.05) is 37.3 Å². The first-order valence-corrected chi connectivity index (χ1v) is 11.1. The first kappa shape index (κ1) is 20.5. The molecule has 1 atom stereocenters. The molecule has 0 aliphatic carbocycles. The highest BCUT2D eigenvalue weighted by Gasteiger charge is 2.17. The van der Waals surface area contributed by atoms with E-state index in [2.05, 4.69) is 48.0 Å². The molecule has 1 aliphatic heterocycles. The molecule has 1 N–H and O–H groups in total. The van der Waals surface area contributed by atoms with Crippen LogP contribution in [0.3, 0.4) is 0 Å². The van der Waals surface area contributed by atoms with E-state index in [9.17, 15) is 4.79 Å². The Morgan fingerprint density at radius 1 is 1.21 bits per heavy atom. The van der Waals surface area contributed by atoms with E-state index in [4.69, 9.17) is 0 Å². The van der Waals surface area contributed by atoms with Crippen LogP contribution in [0.1, 0.15) is 48.7 Å². The van der Waals surface area contributed by atoms with Gasteiger partial charge in [0.15, 0.2) is 0 Å². The van der Waals surface area contributed by atoms with Gasteiger partial charge in [-0.15, -0.1) is 18.3 Å². The Bertz CT molecular complexity index is 795. The van der Waals surface area contributed by atoms with Crippen molar-refractivity contribution in [1.82, 2.24) is 5.32 Å². The number of benzene rings is 2. The predicted molar refractivity (Wildman–Crippen MR) is 120 cm³/mol. The first-order valence-electron chi connectivity index (χ1n) is 10.1. The molecule has 1 saturated heterocycles. The van der Waals surface area contributed by atoms with E-state index in [1.807, 2.05) is 37.3 Å². The molecule has 3 nitrogen and oxygen atoms in total. The Morgan fingerprint density at radius 3 is 2.57 bits per heavy atom. The molecule has 2 aromatic rings. The van der Waals surface area contributed by atoms with Gasteiger partial charge >= 0.3 is 0 Å². The summed E-state index contributed by atoms with van der Waals surface area (Å²) in [7, 11) is 0. The average Bonchev–Trinajstić information content (AvgIpc) is 2.73. The van der Waals surface area contributed by atoms with Crippen LogP contribution in [0.5, 0.6) is 0 Å². The fourth-order valence-electron chi connectivity index (χ4n) is 3.53. The van der Waals surface area contributed by atoms with Gasteiger partial charge in [0.25, 0.3) is 5.91 Å². The lowest BCUT2D eigenvalue weighted by Gasteiger charge is -2.32. The van der Waals surface area contributed by atoms with E-state index in [0.717, 1.165) is 40.8 Å². The van der Waals surface area contributed by atoms with E-state index >= 15 is 0 Å². The lowest BCUT2D eigenvalue weighted by Crippen LogP contribution is -2.32. The van der Waals surface area contributed by atoms with Gasteiger partial charge in [-0.3, -0.25) is 4.79 Å². The summed E-state index contributed by atoms with van der Waals surface area (Å²) in [4.78, 5) is 16.2. The molecule has 1 fully saturated rings. The minimum Gasteiger partial charge on any atom is -0.372 e. The van der Waals surface area contributed by atoms with Crippen LogP contribution in [-0.4, -0.2) is 24.7 Å². The molecule has 1 amide bonds. The van der Waals surface area contributed by atoms with Gasteiger partial charge in [-0.2, -0.15) is 0 Å². The lowest BCUT2D eigenvalue weighted by molar-refractivity contribution is 0.0937. The van der Waals surface area contributed by atoms with Gasteiger partial charge in [-0.25, -0.2) is 0 Å². The smallest absolute Gasteiger partial charge is 0.252 e. The fraction of sp³-hybridized carbons (Fsp3) is 0.375. The van der Waals surface area contributed by atoms with Crippen LogP contribution >= 0.6 is 11.8 Å². The van der Waals surface area contributed by atoms with Crippen LogP contribution in [0.25, 0.3) is 0 Å². The number of carbonyl (C=O) groups is 1. The first-order chi connectivity index (χ1) is 13.6. The minimum atomic E-state index is -0.0413. The summed E-state index contributed by atoms with van der Waals surface area (Å²) in [5.74, 6) is 1.59. The molecule has 0 spiro atoms. The van der Waals surface area contributed by atoms with Crippen molar-refractivity contribution in [2.75, 3.05) is 23.7 Å². The molecule has 3 rings (SSSR count). The van der Waals surface area contributed by atoms with Crippen LogP contribution in [0, 0.1) is 5.92 Å². The second kappa shape index (κ2) is 9.83. The normalized spacial score (nSPS) is 15.9. The van der Waals surface area contributed by atoms with Gasteiger partial charge in [0.1, 0.15) is 0 Å². The Kier molecular flexibility index (Phi) is 7.21. The number of nitrogens with zero attached hydrogens (tertiary/aromatic N) is 1. The fourth-order valence-corrected chi connectivity index (χ4v) is 4.32. The Balaban J connectivity index is 1.64. The number of rotatable bonds is 7. The Morgan fingerprint density at radius 2 is 1.89 bits per heavy atom. The highest BCUT2D eigenvalue weighted by molar-refractivity contribution is 7.99. The molecular formula is C24H30N2OS. The predicted octanol–water partition coefficient (Wildman–Crippen LogP) is 5.69. The van der Waals surface area contributed by atoms with E-state index < -0.39 is 0 Å². The van der Waals surface area contributed by atoms with Crippen molar-refractivity contribution in [2.24, 2.45) is 5.92 Å². The zero-order valence-electron chi connectivity index (χ0n) is 16.9. The monoisotopic (exact) mass is 394 g/mol. The van der Waals surface area contributed by atoms with Crippen molar-refractivity contribution in [2.45, 2.75) is 37.6 Å². The van der Waals surface area contributed by atoms with E-state index in [1.165, 1.54) is 18.5 Å². The number of carbonyl (C=O) groups excluding carboxylic acids is 1. The van der Waals surface area contributed by atoms with Crippen LogP contribution in [0.2, 0.25) is 0 Å². The van der Waals surface area contributed by atoms with Crippen molar-refractivity contribution in [3.05, 3.63) is 72.3 Å². The van der Waals surface area contributed by atoms with Gasteiger partial charge in [0.05, 0.1) is 11.6 Å². The second-order valence-electron chi connectivity index (χ2n) is 7.55. The Labute approximate surface area is 173 Å². The zero-order valence-corrected chi connectivity index (χ0v) is 17.7. The molecule has 4 heteroatoms. The summed E-state index contributed by atoms with van der Waals surface area (Å²) in [6.45, 7) is 10.4. The van der Waals surface area contributed by atoms with Gasteiger partial charge < -0.3 is 10.2 Å². The SMILES string of the molecule is C=CCSc1ccccc1C(=O)N[C@H](C)c1ccc(N2CCC(C)CC2)cc1. The number of nitrogens with one attached hydrogen (secondary N) is 1. The maximum atomic E-state index is 12.8. The number of piperidine rings is 1. The molecule has 1 aliphatic rings. The third kappa shape index (κ3) is 5.20. The van der Waals surface area contributed by atoms with Gasteiger partial charge in [0.2, 0.25) is 0 Å². The molecule has 0 bridgehead atoms. The minimum absolute atomic E-state index is 0.0336. The summed E-state index contributed by atoms with van der Waals surface area (Å²) in [6.07, 6.45) is 4.38. The summed E-state index contributed by atoms with van der Waals surface area (Å²) in [6, 6.07) is 16.3. The van der Waals surface area contributed by atoms with Crippen molar-refractivity contribution >= 4 is 23.4 Å². The summed E-state index contributed by atoms with van der Waals surface area (Å²) in [5.41, 5.74) is 3.12. The number of thioether (sulfide) groups is 1. The van der Waals surface area contributed by atoms with Crippen LogP contribution in [0.15, 0.2) is 66.1 Å². The summed E-state index contributed by atoms with van der Waals surface area (Å²) < 4.78 is 0. The van der Waals surface area contributed by atoms with Gasteiger partial charge in [0, 0.05) is 29.4 Å². The number of hydrogen-bond donors (Lipinski definition) is 1. The third-order valence-corrected chi connectivity index (χ3v) is 6.45. The molecule has 0 radical (unpaired) electrons. The molecule has 0 unspecified atom stereocenters. The quantitative estimate of drug-likeness (QED) is 0.483. The highest BCUT2D eigenvalue weighted by atomic mass is 32.2. The maximum absolute atomic E-state index is 12.8. The van der Waals surface area contributed by atoms with Gasteiger partial charge in [-0.05, 0) is 55.5 Å². The van der Waals surface area contributed by atoms with Crippen LogP contribution in [0.4, 0.5) is 5.69 Å². The number of anilines is 1. The molecular weight excluding hydrogens is 364 g/mol. The molecule has 0 saturated carbocycles. The lowest BCUT2D eigenvalue weighted by atomic mass is 9.98. The van der Waals surface area contributed by atoms with E-state index in [1.54, 1.807) is 11.8 Å². The van der Waals surface area contributed by atoms with Crippen LogP contribution in [-0.2, 0) is 0 Å². The molecule has 148 valence electrons. The number of amides is 1. The van der Waals surface area contributed by atoms with Crippen molar-refractivity contribution in [3.8, 4) is 0 Å². The average molecular weight is 395 g/mol. The maximum Gasteiger partial charge on any atom is 0.252 e. The van der Waals surface area contributed by atoms with Crippen molar-refractivity contribution in [1.29, 1.82) is 0 Å².